The molecule has 0 spiro atoms. The topological polar surface area (TPSA) is 175 Å². The first-order valence-corrected chi connectivity index (χ1v) is 19.1. The van der Waals surface area contributed by atoms with Crippen LogP contribution in [0.1, 0.15) is 84.3 Å². The van der Waals surface area contributed by atoms with Crippen molar-refractivity contribution in [2.45, 2.75) is 116 Å². The first-order valence-electron chi connectivity index (χ1n) is 19.1. The Balaban J connectivity index is 1.80. The minimum atomic E-state index is -1.21. The summed E-state index contributed by atoms with van der Waals surface area (Å²) in [6.07, 6.45) is 0.691. The molecule has 0 aliphatic rings. The average molecular weight is 749 g/mol. The van der Waals surface area contributed by atoms with Crippen LogP contribution in [-0.2, 0) is 32.1 Å². The van der Waals surface area contributed by atoms with Crippen LogP contribution in [0.5, 0.6) is 5.75 Å². The Hall–Kier alpha value is -4.68. The second kappa shape index (κ2) is 22.5. The predicted molar refractivity (Wildman–Crippen MR) is 210 cm³/mol. The molecule has 3 unspecified atom stereocenters. The molecule has 0 saturated carbocycles. The molecular formula is C42H60N4O8. The van der Waals surface area contributed by atoms with Crippen LogP contribution >= 0.6 is 0 Å². The molecule has 4 amide bonds. The Morgan fingerprint density at radius 1 is 0.796 bits per heavy atom. The number of hydrogen-bond acceptors (Lipinski definition) is 8. The molecular weight excluding hydrogens is 688 g/mol. The van der Waals surface area contributed by atoms with E-state index in [4.69, 9.17) is 9.47 Å². The Kier molecular flexibility index (Phi) is 18.2. The molecule has 0 aromatic heterocycles. The van der Waals surface area contributed by atoms with Crippen LogP contribution in [0.2, 0.25) is 0 Å². The summed E-state index contributed by atoms with van der Waals surface area (Å²) in [6, 6.07) is 17.3. The van der Waals surface area contributed by atoms with Gasteiger partial charge in [-0.25, -0.2) is 4.79 Å². The summed E-state index contributed by atoms with van der Waals surface area (Å²) in [7, 11) is 1.56. The van der Waals surface area contributed by atoms with E-state index < -0.39 is 54.1 Å². The molecule has 0 radical (unpaired) electrons. The van der Waals surface area contributed by atoms with E-state index in [2.05, 4.69) is 21.3 Å². The summed E-state index contributed by atoms with van der Waals surface area (Å²) in [5.41, 5.74) is 1.56. The van der Waals surface area contributed by atoms with Crippen molar-refractivity contribution in [1.82, 2.24) is 21.3 Å². The van der Waals surface area contributed by atoms with E-state index in [1.54, 1.807) is 31.4 Å². The fourth-order valence-corrected chi connectivity index (χ4v) is 6.26. The van der Waals surface area contributed by atoms with Crippen molar-refractivity contribution in [3.63, 3.8) is 0 Å². The van der Waals surface area contributed by atoms with Gasteiger partial charge in [-0.15, -0.1) is 0 Å². The highest BCUT2D eigenvalue weighted by molar-refractivity contribution is 5.92. The van der Waals surface area contributed by atoms with Gasteiger partial charge in [0.05, 0.1) is 38.3 Å². The van der Waals surface area contributed by atoms with E-state index in [1.165, 1.54) is 0 Å². The lowest BCUT2D eigenvalue weighted by Gasteiger charge is -2.29. The third-order valence-electron chi connectivity index (χ3n) is 9.71. The van der Waals surface area contributed by atoms with Gasteiger partial charge in [-0.3, -0.25) is 14.4 Å². The molecule has 3 aromatic carbocycles. The number of methoxy groups -OCH3 is 1. The number of fused-ring (bicyclic) bond motifs is 1. The average Bonchev–Trinajstić information content (AvgIpc) is 3.16. The molecule has 6 atom stereocenters. The Morgan fingerprint density at radius 3 is 2.13 bits per heavy atom. The van der Waals surface area contributed by atoms with Gasteiger partial charge < -0.3 is 41.0 Å². The van der Waals surface area contributed by atoms with Crippen molar-refractivity contribution in [2.24, 2.45) is 11.8 Å². The number of rotatable bonds is 22. The molecule has 3 aromatic rings. The number of ether oxygens (including phenoxy) is 2. The van der Waals surface area contributed by atoms with Gasteiger partial charge >= 0.3 is 6.09 Å². The second-order valence-electron chi connectivity index (χ2n) is 14.4. The molecule has 0 heterocycles. The van der Waals surface area contributed by atoms with Crippen LogP contribution in [0.4, 0.5) is 4.79 Å². The van der Waals surface area contributed by atoms with Gasteiger partial charge in [-0.2, -0.15) is 0 Å². The van der Waals surface area contributed by atoms with Crippen molar-refractivity contribution in [3.8, 4) is 5.75 Å². The molecule has 0 aliphatic carbocycles. The number of unbranched alkanes of at least 4 members (excludes halogenated alkanes) is 1. The number of amides is 4. The number of carbonyl (C=O) groups excluding carboxylic acids is 4. The largest absolute Gasteiger partial charge is 0.497 e. The van der Waals surface area contributed by atoms with Gasteiger partial charge in [0.2, 0.25) is 17.7 Å². The zero-order valence-electron chi connectivity index (χ0n) is 32.6. The quantitative estimate of drug-likeness (QED) is 0.0817. The molecule has 0 fully saturated rings. The van der Waals surface area contributed by atoms with E-state index in [1.807, 2.05) is 77.1 Å². The first-order chi connectivity index (χ1) is 25.9. The summed E-state index contributed by atoms with van der Waals surface area (Å²) >= 11 is 0. The highest BCUT2D eigenvalue weighted by atomic mass is 16.5. The lowest BCUT2D eigenvalue weighted by molar-refractivity contribution is -0.131. The minimum Gasteiger partial charge on any atom is -0.497 e. The SMILES string of the molecule is CCCC[C@H](NC(=O)[C@H](Cc1cccc2ccccc12)NC(=O)OCc1ccc(OC)cc1)C(=O)NC(CC(C)C)C(O)CC(=O)N[C@H](CO)C(C)CC. The number of nitrogens with one attached hydrogen (secondary N) is 4. The number of aliphatic hydroxyl groups excluding tert-OH is 2. The van der Waals surface area contributed by atoms with Gasteiger partial charge in [-0.1, -0.05) is 108 Å². The number of aliphatic hydroxyl groups is 2. The Bertz CT molecular complexity index is 1630. The molecule has 296 valence electrons. The first kappa shape index (κ1) is 43.7. The van der Waals surface area contributed by atoms with Crippen molar-refractivity contribution in [3.05, 3.63) is 77.9 Å². The molecule has 6 N–H and O–H groups in total. The van der Waals surface area contributed by atoms with Crippen LogP contribution in [0, 0.1) is 11.8 Å². The molecule has 3 rings (SSSR count). The number of benzene rings is 3. The second-order valence-corrected chi connectivity index (χ2v) is 14.4. The van der Waals surface area contributed by atoms with Crippen molar-refractivity contribution in [1.29, 1.82) is 0 Å². The smallest absolute Gasteiger partial charge is 0.408 e. The maximum atomic E-state index is 14.1. The Labute approximate surface area is 319 Å². The van der Waals surface area contributed by atoms with Gasteiger partial charge in [-0.05, 0) is 58.7 Å². The monoisotopic (exact) mass is 748 g/mol. The molecule has 12 heteroatoms. The van der Waals surface area contributed by atoms with Gasteiger partial charge in [0.15, 0.2) is 0 Å². The van der Waals surface area contributed by atoms with E-state index in [-0.39, 0.29) is 37.9 Å². The zero-order chi connectivity index (χ0) is 39.6. The molecule has 54 heavy (non-hydrogen) atoms. The van der Waals surface area contributed by atoms with E-state index in [0.717, 1.165) is 34.7 Å². The van der Waals surface area contributed by atoms with Crippen molar-refractivity contribution in [2.75, 3.05) is 13.7 Å². The number of carbonyl (C=O) groups is 4. The summed E-state index contributed by atoms with van der Waals surface area (Å²) < 4.78 is 10.7. The normalized spacial score (nSPS) is 14.6. The highest BCUT2D eigenvalue weighted by Crippen LogP contribution is 2.21. The predicted octanol–water partition coefficient (Wildman–Crippen LogP) is 5.17. The maximum absolute atomic E-state index is 14.1. The standard InChI is InChI=1S/C42H60N4O8/c1-7-9-17-34(40(50)45-35(22-27(3)4)38(48)24-39(49)43-37(25-47)28(5)8-2)44-41(51)36(23-31-15-12-14-30-13-10-11-16-33(30)31)46-42(52)54-26-29-18-20-32(53-6)21-19-29/h10-16,18-21,27-28,34-38,47-48H,7-9,17,22-26H2,1-6H3,(H,43,49)(H,44,51)(H,45,50)(H,46,52)/t28?,34-,35?,36-,37+,38?/m0/s1. The van der Waals surface area contributed by atoms with E-state index in [9.17, 15) is 29.4 Å². The fraction of sp³-hybridized carbons (Fsp3) is 0.524. The van der Waals surface area contributed by atoms with Gasteiger partial charge in [0.25, 0.3) is 0 Å². The van der Waals surface area contributed by atoms with Crippen LogP contribution < -0.4 is 26.0 Å². The third-order valence-corrected chi connectivity index (χ3v) is 9.71. The fourth-order valence-electron chi connectivity index (χ4n) is 6.26. The highest BCUT2D eigenvalue weighted by Gasteiger charge is 2.32. The third kappa shape index (κ3) is 13.9. The van der Waals surface area contributed by atoms with Crippen LogP contribution in [0.3, 0.4) is 0 Å². The van der Waals surface area contributed by atoms with Crippen LogP contribution in [0.25, 0.3) is 10.8 Å². The van der Waals surface area contributed by atoms with Crippen molar-refractivity contribution >= 4 is 34.6 Å². The lowest BCUT2D eigenvalue weighted by atomic mass is 9.95. The summed E-state index contributed by atoms with van der Waals surface area (Å²) in [6.45, 7) is 9.51. The molecule has 0 saturated heterocycles. The van der Waals surface area contributed by atoms with E-state index in [0.29, 0.717) is 25.0 Å². The molecule has 12 nitrogen and oxygen atoms in total. The molecule has 0 aliphatic heterocycles. The lowest BCUT2D eigenvalue weighted by Crippen LogP contribution is -2.57. The van der Waals surface area contributed by atoms with Crippen LogP contribution in [0.15, 0.2) is 66.7 Å². The minimum absolute atomic E-state index is 0.0319. The summed E-state index contributed by atoms with van der Waals surface area (Å²) in [5, 5.41) is 34.2. The Morgan fingerprint density at radius 2 is 1.48 bits per heavy atom. The van der Waals surface area contributed by atoms with Crippen LogP contribution in [-0.4, -0.2) is 78.0 Å². The number of hydrogen-bond donors (Lipinski definition) is 6. The summed E-state index contributed by atoms with van der Waals surface area (Å²) in [4.78, 5) is 54.1. The zero-order valence-corrected chi connectivity index (χ0v) is 32.6. The van der Waals surface area contributed by atoms with Crippen molar-refractivity contribution < 1.29 is 38.9 Å². The van der Waals surface area contributed by atoms with E-state index >= 15 is 0 Å². The maximum Gasteiger partial charge on any atom is 0.408 e. The summed E-state index contributed by atoms with van der Waals surface area (Å²) in [5.74, 6) is -0.719. The van der Waals surface area contributed by atoms with Gasteiger partial charge in [0.1, 0.15) is 24.4 Å². The number of alkyl carbamates (subject to hydrolysis) is 1. The molecule has 0 bridgehead atoms. The van der Waals surface area contributed by atoms with Gasteiger partial charge in [0, 0.05) is 6.42 Å².